The van der Waals surface area contributed by atoms with Gasteiger partial charge in [-0.2, -0.15) is 0 Å². The molecule has 5 nitrogen and oxygen atoms in total. The zero-order chi connectivity index (χ0) is 37.5. The van der Waals surface area contributed by atoms with Crippen LogP contribution in [-0.4, -0.2) is 19.5 Å². The average molecular weight is 747 g/mol. The van der Waals surface area contributed by atoms with Crippen molar-refractivity contribution in [3.63, 3.8) is 0 Å². The van der Waals surface area contributed by atoms with Crippen molar-refractivity contribution >= 4 is 75.3 Å². The topological polar surface area (TPSA) is 56.7 Å². The number of fused-ring (bicyclic) bond motifs is 9. The van der Waals surface area contributed by atoms with Gasteiger partial charge < -0.3 is 8.98 Å². The summed E-state index contributed by atoms with van der Waals surface area (Å²) in [6.07, 6.45) is 0. The molecule has 0 aliphatic rings. The Hall–Kier alpha value is -7.41. The Morgan fingerprint density at radius 2 is 1.00 bits per heavy atom. The molecule has 0 aliphatic carbocycles. The first-order chi connectivity index (χ1) is 28.2. The summed E-state index contributed by atoms with van der Waals surface area (Å²) < 4.78 is 11.5. The first-order valence-corrected chi connectivity index (χ1v) is 19.8. The van der Waals surface area contributed by atoms with Crippen LogP contribution in [0.1, 0.15) is 0 Å². The number of hydrogen-bond donors (Lipinski definition) is 0. The minimum absolute atomic E-state index is 0.598. The molecule has 0 radical (unpaired) electrons. The molecule has 12 rings (SSSR count). The molecule has 6 heteroatoms. The fraction of sp³-hybridized carbons (Fsp3) is 0. The highest BCUT2D eigenvalue weighted by Crippen LogP contribution is 2.45. The van der Waals surface area contributed by atoms with Crippen molar-refractivity contribution in [3.05, 3.63) is 182 Å². The standard InChI is InChI=1S/C51H30N4OS/c1-3-14-31(15-4-1)49-52-50(32-16-5-2-6-17-32)54-51(53-49)38-21-13-24-44-47(38)40-28-33(26-27-43(40)56-44)39-29-34(30-46-48(39)37-20-9-12-25-45(37)57-46)55-41-22-10-7-18-35(41)36-19-8-11-23-42(36)55/h1-30H. The lowest BCUT2D eigenvalue weighted by atomic mass is 9.96. The molecule has 0 fully saturated rings. The number of nitrogens with zero attached hydrogens (tertiary/aromatic N) is 4. The van der Waals surface area contributed by atoms with E-state index in [0.717, 1.165) is 49.9 Å². The van der Waals surface area contributed by atoms with Crippen LogP contribution in [0.2, 0.25) is 0 Å². The molecule has 0 spiro atoms. The van der Waals surface area contributed by atoms with Crippen LogP contribution < -0.4 is 0 Å². The van der Waals surface area contributed by atoms with E-state index in [-0.39, 0.29) is 0 Å². The SMILES string of the molecule is c1ccc(-c2nc(-c3ccccc3)nc(-c3cccc4oc5ccc(-c6cc(-n7c8ccccc8c8ccccc87)cc7sc8ccccc8c67)cc5c34)n2)cc1. The maximum Gasteiger partial charge on any atom is 0.164 e. The number of benzene rings is 8. The molecule has 0 saturated carbocycles. The second-order valence-corrected chi connectivity index (χ2v) is 15.4. The van der Waals surface area contributed by atoms with Gasteiger partial charge in [0, 0.05) is 64.1 Å². The minimum Gasteiger partial charge on any atom is -0.456 e. The first kappa shape index (κ1) is 31.9. The summed E-state index contributed by atoms with van der Waals surface area (Å²) in [5.74, 6) is 1.85. The van der Waals surface area contributed by atoms with Crippen LogP contribution in [0.3, 0.4) is 0 Å². The Morgan fingerprint density at radius 3 is 1.70 bits per heavy atom. The normalized spacial score (nSPS) is 11.9. The molecule has 0 N–H and O–H groups in total. The molecule has 0 unspecified atom stereocenters. The lowest BCUT2D eigenvalue weighted by Crippen LogP contribution is -2.00. The smallest absolute Gasteiger partial charge is 0.164 e. The van der Waals surface area contributed by atoms with Gasteiger partial charge in [-0.3, -0.25) is 0 Å². The van der Waals surface area contributed by atoms with Crippen molar-refractivity contribution in [2.75, 3.05) is 0 Å². The summed E-state index contributed by atoms with van der Waals surface area (Å²) in [4.78, 5) is 15.2. The van der Waals surface area contributed by atoms with Gasteiger partial charge in [0.15, 0.2) is 17.5 Å². The second-order valence-electron chi connectivity index (χ2n) is 14.4. The van der Waals surface area contributed by atoms with Crippen LogP contribution in [-0.2, 0) is 0 Å². The summed E-state index contributed by atoms with van der Waals surface area (Å²) in [5, 5.41) is 6.99. The molecule has 0 amide bonds. The van der Waals surface area contributed by atoms with Crippen molar-refractivity contribution in [3.8, 4) is 51.0 Å². The molecule has 0 atom stereocenters. The van der Waals surface area contributed by atoms with Gasteiger partial charge >= 0.3 is 0 Å². The number of hydrogen-bond acceptors (Lipinski definition) is 5. The van der Waals surface area contributed by atoms with Crippen LogP contribution in [0.25, 0.3) is 115 Å². The van der Waals surface area contributed by atoms with Gasteiger partial charge in [0.25, 0.3) is 0 Å². The molecular weight excluding hydrogens is 717 g/mol. The number of aromatic nitrogens is 4. The van der Waals surface area contributed by atoms with Crippen LogP contribution in [0.5, 0.6) is 0 Å². The number of para-hydroxylation sites is 2. The third-order valence-corrected chi connectivity index (χ3v) is 12.2. The van der Waals surface area contributed by atoms with Gasteiger partial charge in [0.2, 0.25) is 0 Å². The van der Waals surface area contributed by atoms with Crippen LogP contribution >= 0.6 is 11.3 Å². The Bertz CT molecular complexity index is 3420. The van der Waals surface area contributed by atoms with Crippen LogP contribution in [0.4, 0.5) is 0 Å². The van der Waals surface area contributed by atoms with Crippen LogP contribution in [0.15, 0.2) is 186 Å². The van der Waals surface area contributed by atoms with Gasteiger partial charge in [-0.1, -0.05) is 133 Å². The summed E-state index contributed by atoms with van der Waals surface area (Å²) in [7, 11) is 0. The molecule has 0 aliphatic heterocycles. The zero-order valence-corrected chi connectivity index (χ0v) is 31.2. The maximum atomic E-state index is 6.58. The molecule has 4 heterocycles. The second kappa shape index (κ2) is 12.6. The van der Waals surface area contributed by atoms with E-state index in [0.29, 0.717) is 17.5 Å². The first-order valence-electron chi connectivity index (χ1n) is 19.0. The van der Waals surface area contributed by atoms with E-state index >= 15 is 0 Å². The summed E-state index contributed by atoms with van der Waals surface area (Å²) in [5.41, 5.74) is 10.1. The highest BCUT2D eigenvalue weighted by atomic mass is 32.1. The van der Waals surface area contributed by atoms with Gasteiger partial charge in [-0.15, -0.1) is 11.3 Å². The predicted octanol–water partition coefficient (Wildman–Crippen LogP) is 13.9. The highest BCUT2D eigenvalue weighted by Gasteiger charge is 2.21. The van der Waals surface area contributed by atoms with Gasteiger partial charge in [0.1, 0.15) is 11.2 Å². The third kappa shape index (κ3) is 5.04. The third-order valence-electron chi connectivity index (χ3n) is 11.0. The molecule has 4 aromatic heterocycles. The minimum atomic E-state index is 0.598. The molecule has 12 aromatic rings. The van der Waals surface area contributed by atoms with Gasteiger partial charge in [0.05, 0.1) is 11.0 Å². The summed E-state index contributed by atoms with van der Waals surface area (Å²) >= 11 is 1.84. The quantitative estimate of drug-likeness (QED) is 0.176. The van der Waals surface area contributed by atoms with E-state index in [9.17, 15) is 0 Å². The lowest BCUT2D eigenvalue weighted by molar-refractivity contribution is 0.669. The molecule has 266 valence electrons. The Balaban J connectivity index is 1.12. The summed E-state index contributed by atoms with van der Waals surface area (Å²) in [6.45, 7) is 0. The highest BCUT2D eigenvalue weighted by molar-refractivity contribution is 7.26. The van der Waals surface area contributed by atoms with E-state index in [2.05, 4.69) is 114 Å². The van der Waals surface area contributed by atoms with E-state index in [4.69, 9.17) is 19.4 Å². The Kier molecular flexibility index (Phi) is 7.03. The van der Waals surface area contributed by atoms with E-state index in [1.165, 1.54) is 47.5 Å². The zero-order valence-electron chi connectivity index (χ0n) is 30.4. The fourth-order valence-corrected chi connectivity index (χ4v) is 9.67. The van der Waals surface area contributed by atoms with Crippen molar-refractivity contribution in [1.82, 2.24) is 19.5 Å². The number of rotatable bonds is 5. The van der Waals surface area contributed by atoms with E-state index in [1.807, 2.05) is 84.1 Å². The molecule has 57 heavy (non-hydrogen) atoms. The number of furan rings is 1. The molecule has 8 aromatic carbocycles. The van der Waals surface area contributed by atoms with Gasteiger partial charge in [-0.05, 0) is 59.7 Å². The number of thiophene rings is 1. The Labute approximate surface area is 330 Å². The van der Waals surface area contributed by atoms with Crippen molar-refractivity contribution in [2.24, 2.45) is 0 Å². The molecule has 0 bridgehead atoms. The predicted molar refractivity (Wildman–Crippen MR) is 236 cm³/mol. The van der Waals surface area contributed by atoms with Crippen molar-refractivity contribution in [2.45, 2.75) is 0 Å². The largest absolute Gasteiger partial charge is 0.456 e. The monoisotopic (exact) mass is 746 g/mol. The van der Waals surface area contributed by atoms with Crippen molar-refractivity contribution in [1.29, 1.82) is 0 Å². The van der Waals surface area contributed by atoms with E-state index in [1.54, 1.807) is 0 Å². The maximum absolute atomic E-state index is 6.58. The summed E-state index contributed by atoms with van der Waals surface area (Å²) in [6, 6.07) is 63.8. The van der Waals surface area contributed by atoms with Crippen LogP contribution in [0, 0.1) is 0 Å². The Morgan fingerprint density at radius 1 is 0.386 bits per heavy atom. The van der Waals surface area contributed by atoms with Crippen molar-refractivity contribution < 1.29 is 4.42 Å². The lowest BCUT2D eigenvalue weighted by Gasteiger charge is -2.13. The average Bonchev–Trinajstić information content (AvgIpc) is 3.96. The molecule has 0 saturated heterocycles. The molecular formula is C51H30N4OS. The van der Waals surface area contributed by atoms with Gasteiger partial charge in [-0.25, -0.2) is 15.0 Å². The van der Waals surface area contributed by atoms with E-state index < -0.39 is 0 Å². The fourth-order valence-electron chi connectivity index (χ4n) is 8.51.